The maximum absolute atomic E-state index is 13.9. The minimum Gasteiger partial charge on any atom is -0.444 e. The number of anilines is 1. The van der Waals surface area contributed by atoms with Gasteiger partial charge in [-0.3, -0.25) is 10.1 Å². The molecule has 2 aromatic carbocycles. The first-order chi connectivity index (χ1) is 17.1. The number of allylic oxidation sites excluding steroid dienone is 1. The van der Waals surface area contributed by atoms with E-state index in [4.69, 9.17) is 4.74 Å². The molecule has 0 fully saturated rings. The van der Waals surface area contributed by atoms with E-state index >= 15 is 0 Å². The van der Waals surface area contributed by atoms with Crippen molar-refractivity contribution in [3.8, 4) is 6.07 Å². The SMILES string of the molecule is Cc1ccc(S(=O)(=O)n2c(C(=O)/C(C#N)=C/N(C)C)cc3cc(C)c(NC(=O)OC(C)(C)C)cc32)cc1. The Labute approximate surface area is 217 Å². The Morgan fingerprint density at radius 3 is 2.24 bits per heavy atom. The van der Waals surface area contributed by atoms with Crippen molar-refractivity contribution >= 4 is 38.5 Å². The maximum Gasteiger partial charge on any atom is 0.412 e. The number of ether oxygens (including phenoxy) is 1. The summed E-state index contributed by atoms with van der Waals surface area (Å²) in [4.78, 5) is 27.4. The Balaban J connectivity index is 2.30. The Morgan fingerprint density at radius 2 is 1.70 bits per heavy atom. The topological polar surface area (TPSA) is 122 Å². The standard InChI is InChI=1S/C27H30N4O5S/c1-17-8-10-21(11-9-17)37(34,35)31-23-14-22(29-26(33)36-27(3,4)5)18(2)12-19(23)13-24(31)25(32)20(15-28)16-30(6)7/h8-14,16H,1-7H3,(H,29,33)/b20-16+. The summed E-state index contributed by atoms with van der Waals surface area (Å²) in [6.45, 7) is 8.76. The number of Topliss-reactive ketones (excluding diaryl/α,β-unsaturated/α-hetero) is 1. The predicted molar refractivity (Wildman–Crippen MR) is 142 cm³/mol. The zero-order valence-electron chi connectivity index (χ0n) is 21.9. The fourth-order valence-corrected chi connectivity index (χ4v) is 5.16. The highest BCUT2D eigenvalue weighted by Gasteiger charge is 2.29. The maximum atomic E-state index is 13.9. The Morgan fingerprint density at radius 1 is 1.08 bits per heavy atom. The van der Waals surface area contributed by atoms with Crippen molar-refractivity contribution in [2.45, 2.75) is 45.1 Å². The number of aryl methyl sites for hydroxylation is 2. The molecular weight excluding hydrogens is 492 g/mol. The van der Waals surface area contributed by atoms with Crippen molar-refractivity contribution in [1.82, 2.24) is 8.87 Å². The smallest absolute Gasteiger partial charge is 0.412 e. The number of carbonyl (C=O) groups is 2. The summed E-state index contributed by atoms with van der Waals surface area (Å²) in [5, 5.41) is 12.7. The van der Waals surface area contributed by atoms with Crippen molar-refractivity contribution in [3.63, 3.8) is 0 Å². The molecule has 1 heterocycles. The Bertz CT molecular complexity index is 1550. The number of ketones is 1. The van der Waals surface area contributed by atoms with Gasteiger partial charge in [-0.15, -0.1) is 0 Å². The first-order valence-electron chi connectivity index (χ1n) is 11.5. The second-order valence-electron chi connectivity index (χ2n) is 9.91. The summed E-state index contributed by atoms with van der Waals surface area (Å²) in [6.07, 6.45) is 0.635. The van der Waals surface area contributed by atoms with Crippen molar-refractivity contribution in [1.29, 1.82) is 5.26 Å². The Kier molecular flexibility index (Phi) is 7.51. The number of fused-ring (bicyclic) bond motifs is 1. The number of nitrogens with zero attached hydrogens (tertiary/aromatic N) is 3. The fourth-order valence-electron chi connectivity index (χ4n) is 3.66. The highest BCUT2D eigenvalue weighted by molar-refractivity contribution is 7.90. The molecule has 0 aliphatic rings. The van der Waals surface area contributed by atoms with E-state index in [2.05, 4.69) is 5.32 Å². The molecule has 0 radical (unpaired) electrons. The summed E-state index contributed by atoms with van der Waals surface area (Å²) in [5.41, 5.74) is 0.838. The minimum absolute atomic E-state index is 0.0260. The van der Waals surface area contributed by atoms with E-state index in [1.54, 1.807) is 60.0 Å². The number of nitriles is 1. The molecule has 0 atom stereocenters. The van der Waals surface area contributed by atoms with Gasteiger partial charge in [0, 0.05) is 31.4 Å². The van der Waals surface area contributed by atoms with Gasteiger partial charge in [-0.25, -0.2) is 17.2 Å². The van der Waals surface area contributed by atoms with E-state index in [0.29, 0.717) is 16.6 Å². The number of hydrogen-bond donors (Lipinski definition) is 1. The van der Waals surface area contributed by atoms with E-state index in [1.165, 1.54) is 35.4 Å². The average Bonchev–Trinajstić information content (AvgIpc) is 3.15. The lowest BCUT2D eigenvalue weighted by Gasteiger charge is -2.20. The molecule has 0 aliphatic heterocycles. The Hall–Kier alpha value is -4.10. The average molecular weight is 523 g/mol. The zero-order chi connectivity index (χ0) is 27.7. The van der Waals surface area contributed by atoms with Crippen LogP contribution in [0.4, 0.5) is 10.5 Å². The van der Waals surface area contributed by atoms with Crippen molar-refractivity contribution in [2.24, 2.45) is 0 Å². The van der Waals surface area contributed by atoms with Gasteiger partial charge in [0.05, 0.1) is 10.4 Å². The normalized spacial score (nSPS) is 12.2. The molecule has 0 bridgehead atoms. The van der Waals surface area contributed by atoms with Crippen LogP contribution in [0.15, 0.2) is 59.1 Å². The molecule has 37 heavy (non-hydrogen) atoms. The summed E-state index contributed by atoms with van der Waals surface area (Å²) in [7, 11) is -0.962. The van der Waals surface area contributed by atoms with Crippen LogP contribution in [0.1, 0.15) is 42.4 Å². The quantitative estimate of drug-likeness (QED) is 0.275. The summed E-state index contributed by atoms with van der Waals surface area (Å²) < 4.78 is 34.0. The van der Waals surface area contributed by atoms with Crippen molar-refractivity contribution in [2.75, 3.05) is 19.4 Å². The third-order valence-corrected chi connectivity index (χ3v) is 7.03. The molecule has 0 aliphatic carbocycles. The van der Waals surface area contributed by atoms with Crippen LogP contribution in [-0.2, 0) is 14.8 Å². The van der Waals surface area contributed by atoms with Crippen molar-refractivity contribution in [3.05, 3.63) is 71.1 Å². The number of amides is 1. The van der Waals surface area contributed by atoms with Gasteiger partial charge in [0.15, 0.2) is 0 Å². The van der Waals surface area contributed by atoms with Crippen LogP contribution in [0.2, 0.25) is 0 Å². The van der Waals surface area contributed by atoms with Gasteiger partial charge in [0.2, 0.25) is 5.78 Å². The van der Waals surface area contributed by atoms with Gasteiger partial charge < -0.3 is 9.64 Å². The predicted octanol–water partition coefficient (Wildman–Crippen LogP) is 4.99. The molecule has 1 amide bonds. The van der Waals surface area contributed by atoms with Crippen LogP contribution in [0.3, 0.4) is 0 Å². The lowest BCUT2D eigenvalue weighted by molar-refractivity contribution is 0.0635. The molecule has 0 unspecified atom stereocenters. The van der Waals surface area contributed by atoms with Gasteiger partial charge in [-0.1, -0.05) is 17.7 Å². The van der Waals surface area contributed by atoms with Crippen LogP contribution >= 0.6 is 0 Å². The number of carbonyl (C=O) groups excluding carboxylic acids is 2. The van der Waals surface area contributed by atoms with Gasteiger partial charge in [-0.2, -0.15) is 5.26 Å². The molecule has 0 saturated heterocycles. The minimum atomic E-state index is -4.27. The number of benzene rings is 2. The molecule has 1 N–H and O–H groups in total. The molecule has 0 saturated carbocycles. The first-order valence-corrected chi connectivity index (χ1v) is 12.9. The van der Waals surface area contributed by atoms with Crippen LogP contribution in [0, 0.1) is 25.2 Å². The lowest BCUT2D eigenvalue weighted by atomic mass is 10.1. The molecule has 10 heteroatoms. The van der Waals surface area contributed by atoms with Crippen LogP contribution in [0.5, 0.6) is 0 Å². The largest absolute Gasteiger partial charge is 0.444 e. The van der Waals surface area contributed by atoms with E-state index in [9.17, 15) is 23.3 Å². The highest BCUT2D eigenvalue weighted by Crippen LogP contribution is 2.32. The highest BCUT2D eigenvalue weighted by atomic mass is 32.2. The van der Waals surface area contributed by atoms with Gasteiger partial charge in [0.25, 0.3) is 10.0 Å². The van der Waals surface area contributed by atoms with E-state index < -0.39 is 27.5 Å². The number of hydrogen-bond acceptors (Lipinski definition) is 7. The van der Waals surface area contributed by atoms with Gasteiger partial charge >= 0.3 is 6.09 Å². The molecule has 0 spiro atoms. The number of aromatic nitrogens is 1. The molecule has 1 aromatic heterocycles. The van der Waals surface area contributed by atoms with Crippen LogP contribution in [0.25, 0.3) is 10.9 Å². The van der Waals surface area contributed by atoms with E-state index in [0.717, 1.165) is 9.54 Å². The van der Waals surface area contributed by atoms with E-state index in [-0.39, 0.29) is 21.7 Å². The molecule has 9 nitrogen and oxygen atoms in total. The number of nitrogens with one attached hydrogen (secondary N) is 1. The molecule has 194 valence electrons. The third-order valence-electron chi connectivity index (χ3n) is 5.28. The van der Waals surface area contributed by atoms with E-state index in [1.807, 2.05) is 13.0 Å². The molecule has 3 rings (SSSR count). The lowest BCUT2D eigenvalue weighted by Crippen LogP contribution is -2.27. The van der Waals surface area contributed by atoms with Crippen LogP contribution < -0.4 is 5.32 Å². The second kappa shape index (κ2) is 10.1. The van der Waals surface area contributed by atoms with Gasteiger partial charge in [-0.05, 0) is 70.5 Å². The van der Waals surface area contributed by atoms with Crippen molar-refractivity contribution < 1.29 is 22.7 Å². The summed E-state index contributed by atoms with van der Waals surface area (Å²) in [5.74, 6) is -0.748. The van der Waals surface area contributed by atoms with Crippen LogP contribution in [-0.4, -0.2) is 48.9 Å². The third kappa shape index (κ3) is 6.01. The fraction of sp³-hybridized carbons (Fsp3) is 0.296. The first kappa shape index (κ1) is 27.5. The van der Waals surface area contributed by atoms with Gasteiger partial charge in [0.1, 0.15) is 22.9 Å². The summed E-state index contributed by atoms with van der Waals surface area (Å²) in [6, 6.07) is 12.7. The zero-order valence-corrected chi connectivity index (χ0v) is 22.7. The second-order valence-corrected chi connectivity index (χ2v) is 11.7. The summed E-state index contributed by atoms with van der Waals surface area (Å²) >= 11 is 0. The molecular formula is C27H30N4O5S. The molecule has 3 aromatic rings. The monoisotopic (exact) mass is 522 g/mol. The number of rotatable bonds is 6.